The zero-order valence-electron chi connectivity index (χ0n) is 23.4. The molecule has 41 heavy (non-hydrogen) atoms. The summed E-state index contributed by atoms with van der Waals surface area (Å²) < 4.78 is 30.0. The Labute approximate surface area is 244 Å². The van der Waals surface area contributed by atoms with Crippen molar-refractivity contribution in [3.05, 3.63) is 47.6 Å². The largest absolute Gasteiger partial charge is 0.494 e. The summed E-state index contributed by atoms with van der Waals surface area (Å²) in [7, 11) is -1.04. The predicted octanol–water partition coefficient (Wildman–Crippen LogP) is 5.64. The molecule has 0 spiro atoms. The Morgan fingerprint density at radius 1 is 1.12 bits per heavy atom. The number of ether oxygens (including phenoxy) is 3. The molecule has 0 bridgehead atoms. The smallest absolute Gasteiger partial charge is 0.300 e. The second-order valence-electron chi connectivity index (χ2n) is 9.75. The number of carbonyl (C=O) groups excluding carboxylic acids is 1. The second kappa shape index (κ2) is 13.7. The van der Waals surface area contributed by atoms with Gasteiger partial charge in [-0.25, -0.2) is 4.98 Å². The number of benzene rings is 2. The number of rotatable bonds is 10. The van der Waals surface area contributed by atoms with E-state index < -0.39 is 13.0 Å². The Morgan fingerprint density at radius 3 is 2.59 bits per heavy atom. The van der Waals surface area contributed by atoms with Crippen LogP contribution in [-0.2, 0) is 14.1 Å². The van der Waals surface area contributed by atoms with Gasteiger partial charge in [-0.15, -0.1) is 0 Å². The van der Waals surface area contributed by atoms with E-state index in [2.05, 4.69) is 37.8 Å². The van der Waals surface area contributed by atoms with E-state index in [0.717, 1.165) is 12.8 Å². The van der Waals surface area contributed by atoms with E-state index in [1.165, 1.54) is 13.3 Å². The first-order chi connectivity index (χ1) is 19.7. The van der Waals surface area contributed by atoms with Crippen molar-refractivity contribution >= 4 is 58.8 Å². The highest BCUT2D eigenvalue weighted by atomic mass is 35.5. The van der Waals surface area contributed by atoms with E-state index in [-0.39, 0.29) is 11.0 Å². The van der Waals surface area contributed by atoms with Crippen molar-refractivity contribution < 1.29 is 23.6 Å². The van der Waals surface area contributed by atoms with E-state index in [1.807, 2.05) is 24.3 Å². The molecule has 1 aliphatic heterocycles. The highest BCUT2D eigenvalue weighted by Crippen LogP contribution is 2.40. The van der Waals surface area contributed by atoms with Crippen LogP contribution in [0.25, 0.3) is 0 Å². The van der Waals surface area contributed by atoms with E-state index in [4.69, 9.17) is 25.8 Å². The Hall–Kier alpha value is -3.77. The van der Waals surface area contributed by atoms with Crippen molar-refractivity contribution in [2.75, 3.05) is 56.2 Å². The fourth-order valence-corrected chi connectivity index (χ4v) is 5.54. The van der Waals surface area contributed by atoms with Crippen LogP contribution < -0.4 is 30.7 Å². The van der Waals surface area contributed by atoms with Gasteiger partial charge in [0.1, 0.15) is 23.7 Å². The fraction of sp³-hybridized carbons (Fsp3) is 0.345. The van der Waals surface area contributed by atoms with Crippen LogP contribution in [0.1, 0.15) is 19.8 Å². The van der Waals surface area contributed by atoms with Gasteiger partial charge in [0.2, 0.25) is 5.95 Å². The summed E-state index contributed by atoms with van der Waals surface area (Å²) >= 11 is 6.41. The first kappa shape index (κ1) is 30.2. The van der Waals surface area contributed by atoms with Crippen molar-refractivity contribution in [2.45, 2.75) is 19.8 Å². The van der Waals surface area contributed by atoms with Gasteiger partial charge < -0.3 is 34.7 Å². The molecule has 1 fully saturated rings. The van der Waals surface area contributed by atoms with Crippen LogP contribution >= 0.6 is 18.7 Å². The van der Waals surface area contributed by atoms with Gasteiger partial charge in [0.05, 0.1) is 37.0 Å². The Bertz CT molecular complexity index is 1510. The predicted molar refractivity (Wildman–Crippen MR) is 163 cm³/mol. The van der Waals surface area contributed by atoms with Crippen molar-refractivity contribution in [3.8, 4) is 23.3 Å². The van der Waals surface area contributed by atoms with Gasteiger partial charge in [-0.3, -0.25) is 4.79 Å². The van der Waals surface area contributed by atoms with Crippen molar-refractivity contribution in [3.63, 3.8) is 0 Å². The SMILES string of the molecule is CC#CC(=O)Nc1cc(Nc2ncc(Cl)c(Nc3ccccc3P(C)(C)=O)n2)c(OC)cc1OCC1CCOCC1. The summed E-state index contributed by atoms with van der Waals surface area (Å²) in [5.41, 5.74) is 1.53. The van der Waals surface area contributed by atoms with E-state index >= 15 is 0 Å². The number of nitrogens with one attached hydrogen (secondary N) is 3. The third kappa shape index (κ3) is 8.14. The number of aromatic nitrogens is 2. The highest BCUT2D eigenvalue weighted by Gasteiger charge is 2.20. The zero-order valence-corrected chi connectivity index (χ0v) is 25.1. The maximum absolute atomic E-state index is 12.8. The number of para-hydroxylation sites is 1. The summed E-state index contributed by atoms with van der Waals surface area (Å²) in [5, 5.41) is 10.1. The summed E-state index contributed by atoms with van der Waals surface area (Å²) in [5.74, 6) is 6.39. The zero-order chi connectivity index (χ0) is 29.4. The van der Waals surface area contributed by atoms with Crippen LogP contribution in [0.2, 0.25) is 5.02 Å². The van der Waals surface area contributed by atoms with Crippen LogP contribution in [0.15, 0.2) is 42.6 Å². The van der Waals surface area contributed by atoms with Crippen molar-refractivity contribution in [1.29, 1.82) is 0 Å². The number of anilines is 5. The van der Waals surface area contributed by atoms with Crippen LogP contribution in [0.3, 0.4) is 0 Å². The molecule has 0 saturated carbocycles. The monoisotopic (exact) mass is 597 g/mol. The molecule has 0 radical (unpaired) electrons. The van der Waals surface area contributed by atoms with Crippen LogP contribution in [0.5, 0.6) is 11.5 Å². The third-order valence-electron chi connectivity index (χ3n) is 6.33. The second-order valence-corrected chi connectivity index (χ2v) is 13.3. The lowest BCUT2D eigenvalue weighted by molar-refractivity contribution is -0.111. The molecule has 1 amide bonds. The Balaban J connectivity index is 1.63. The molecule has 1 aromatic heterocycles. The topological polar surface area (TPSA) is 124 Å². The minimum Gasteiger partial charge on any atom is -0.494 e. The van der Waals surface area contributed by atoms with Crippen LogP contribution in [0, 0.1) is 17.8 Å². The van der Waals surface area contributed by atoms with E-state index in [1.54, 1.807) is 32.4 Å². The number of hydrogen-bond donors (Lipinski definition) is 3. The average molecular weight is 598 g/mol. The van der Waals surface area contributed by atoms with Gasteiger partial charge in [-0.2, -0.15) is 4.98 Å². The average Bonchev–Trinajstić information content (AvgIpc) is 2.95. The number of amides is 1. The minimum atomic E-state index is -2.57. The molecule has 2 aromatic carbocycles. The summed E-state index contributed by atoms with van der Waals surface area (Å²) in [6.45, 7) is 6.87. The molecule has 1 saturated heterocycles. The molecule has 12 heteroatoms. The molecule has 3 N–H and O–H groups in total. The molecule has 216 valence electrons. The number of halogens is 1. The Kier molecular flexibility index (Phi) is 10.1. The lowest BCUT2D eigenvalue weighted by Gasteiger charge is -2.23. The van der Waals surface area contributed by atoms with E-state index in [9.17, 15) is 9.36 Å². The summed E-state index contributed by atoms with van der Waals surface area (Å²) in [6, 6.07) is 10.7. The van der Waals surface area contributed by atoms with Crippen LogP contribution in [0.4, 0.5) is 28.8 Å². The highest BCUT2D eigenvalue weighted by molar-refractivity contribution is 7.70. The molecule has 0 atom stereocenters. The quantitative estimate of drug-likeness (QED) is 0.201. The summed E-state index contributed by atoms with van der Waals surface area (Å²) in [4.78, 5) is 21.2. The number of carbonyl (C=O) groups is 1. The molecule has 4 rings (SSSR count). The van der Waals surface area contributed by atoms with Gasteiger partial charge in [-0.05, 0) is 63.1 Å². The first-order valence-corrected chi connectivity index (χ1v) is 16.0. The third-order valence-corrected chi connectivity index (χ3v) is 8.16. The number of methoxy groups -OCH3 is 1. The van der Waals surface area contributed by atoms with Gasteiger partial charge in [-0.1, -0.05) is 29.7 Å². The molecule has 2 heterocycles. The fourth-order valence-electron chi connectivity index (χ4n) is 4.24. The van der Waals surface area contributed by atoms with Crippen LogP contribution in [-0.4, -0.2) is 56.1 Å². The maximum atomic E-state index is 12.8. The standard InChI is InChI=1S/C29H33ClN5O5P/c1-5-8-27(36)32-23-15-22(24(38-2)16-25(23)40-18-19-11-13-39-14-12-19)34-29-31-17-20(30)28(35-29)33-21-9-6-7-10-26(21)41(3,4)37/h6-7,9-10,15-17,19H,11-14,18H2,1-4H3,(H,32,36)(H2,31,33,34,35). The number of hydrogen-bond acceptors (Lipinski definition) is 9. The molecule has 0 unspecified atom stereocenters. The maximum Gasteiger partial charge on any atom is 0.300 e. The molecular formula is C29H33ClN5O5P. The minimum absolute atomic E-state index is 0.213. The number of nitrogens with zero attached hydrogens (tertiary/aromatic N) is 2. The lowest BCUT2D eigenvalue weighted by Crippen LogP contribution is -2.22. The molecular weight excluding hydrogens is 565 g/mol. The first-order valence-electron chi connectivity index (χ1n) is 13.1. The van der Waals surface area contributed by atoms with Crippen molar-refractivity contribution in [1.82, 2.24) is 9.97 Å². The van der Waals surface area contributed by atoms with Gasteiger partial charge in [0.15, 0.2) is 5.82 Å². The van der Waals surface area contributed by atoms with E-state index in [0.29, 0.717) is 65.4 Å². The molecule has 10 nitrogen and oxygen atoms in total. The lowest BCUT2D eigenvalue weighted by atomic mass is 10.0. The normalized spacial score (nSPS) is 13.5. The summed E-state index contributed by atoms with van der Waals surface area (Å²) in [6.07, 6.45) is 3.27. The molecule has 3 aromatic rings. The molecule has 1 aliphatic rings. The van der Waals surface area contributed by atoms with Crippen molar-refractivity contribution in [2.24, 2.45) is 5.92 Å². The van der Waals surface area contributed by atoms with Gasteiger partial charge in [0.25, 0.3) is 5.91 Å². The Morgan fingerprint density at radius 2 is 1.88 bits per heavy atom. The van der Waals surface area contributed by atoms with Gasteiger partial charge >= 0.3 is 0 Å². The molecule has 0 aliphatic carbocycles. The van der Waals surface area contributed by atoms with Gasteiger partial charge in [0, 0.05) is 24.6 Å².